The molecule has 25 heavy (non-hydrogen) atoms. The molecule has 0 aliphatic carbocycles. The summed E-state index contributed by atoms with van der Waals surface area (Å²) in [5.41, 5.74) is -2.62. The van der Waals surface area contributed by atoms with E-state index in [1.165, 1.54) is 14.0 Å². The van der Waals surface area contributed by atoms with Crippen LogP contribution in [0.2, 0.25) is 0 Å². The molecule has 0 unspecified atom stereocenters. The van der Waals surface area contributed by atoms with E-state index in [1.54, 1.807) is 0 Å². The van der Waals surface area contributed by atoms with Gasteiger partial charge in [0, 0.05) is 24.6 Å². The molecule has 1 heterocycles. The molecule has 0 spiro atoms. The first-order chi connectivity index (χ1) is 11.3. The van der Waals surface area contributed by atoms with Gasteiger partial charge in [0.15, 0.2) is 9.84 Å². The van der Waals surface area contributed by atoms with Crippen LogP contribution < -0.4 is 5.56 Å². The second-order valence-electron chi connectivity index (χ2n) is 5.69. The van der Waals surface area contributed by atoms with Crippen molar-refractivity contribution in [1.29, 1.82) is 0 Å². The minimum atomic E-state index is -4.90. The van der Waals surface area contributed by atoms with Crippen molar-refractivity contribution in [3.63, 3.8) is 0 Å². The maximum absolute atomic E-state index is 13.1. The number of carbonyl (C=O) groups excluding carboxylic acids is 1. The van der Waals surface area contributed by atoms with Gasteiger partial charge in [-0.15, -0.1) is 0 Å². The summed E-state index contributed by atoms with van der Waals surface area (Å²) in [6, 6.07) is 1.43. The number of H-pyrrole nitrogens is 1. The van der Waals surface area contributed by atoms with Crippen LogP contribution in [0.4, 0.5) is 13.2 Å². The standard InChI is InChI=1S/C15H15F3N2O4S/c1-7-9(12(21)11-8(2)19-20(3)14(11)22)5-6-10(15(16,17)18)13(7)25(4,23)24/h5-6,19H,1-4H3. The average molecular weight is 376 g/mol. The molecule has 2 aromatic rings. The molecule has 0 amide bonds. The normalized spacial score (nSPS) is 12.4. The van der Waals surface area contributed by atoms with Crippen molar-refractivity contribution >= 4 is 15.6 Å². The Bertz CT molecular complexity index is 1030. The number of halogens is 3. The summed E-state index contributed by atoms with van der Waals surface area (Å²) in [5, 5.41) is 2.61. The van der Waals surface area contributed by atoms with Crippen LogP contribution in [-0.4, -0.2) is 30.2 Å². The molecule has 2 rings (SSSR count). The number of aromatic nitrogens is 2. The predicted molar refractivity (Wildman–Crippen MR) is 83.5 cm³/mol. The summed E-state index contributed by atoms with van der Waals surface area (Å²) >= 11 is 0. The fourth-order valence-corrected chi connectivity index (χ4v) is 3.98. The Morgan fingerprint density at radius 2 is 1.76 bits per heavy atom. The third-order valence-electron chi connectivity index (χ3n) is 3.78. The maximum Gasteiger partial charge on any atom is 0.417 e. The largest absolute Gasteiger partial charge is 0.417 e. The number of rotatable bonds is 3. The number of hydrogen-bond donors (Lipinski definition) is 1. The zero-order valence-electron chi connectivity index (χ0n) is 13.8. The Kier molecular flexibility index (Phi) is 4.45. The van der Waals surface area contributed by atoms with Gasteiger partial charge in [-0.1, -0.05) is 6.07 Å². The van der Waals surface area contributed by atoms with Crippen LogP contribution in [-0.2, 0) is 23.1 Å². The van der Waals surface area contributed by atoms with Crippen LogP contribution >= 0.6 is 0 Å². The highest BCUT2D eigenvalue weighted by molar-refractivity contribution is 7.90. The highest BCUT2D eigenvalue weighted by Crippen LogP contribution is 2.37. The Hall–Kier alpha value is -2.36. The summed E-state index contributed by atoms with van der Waals surface area (Å²) in [6.07, 6.45) is -4.26. The predicted octanol–water partition coefficient (Wildman–Crippen LogP) is 1.98. The van der Waals surface area contributed by atoms with E-state index in [9.17, 15) is 31.2 Å². The monoisotopic (exact) mass is 376 g/mol. The van der Waals surface area contributed by atoms with E-state index in [1.807, 2.05) is 0 Å². The van der Waals surface area contributed by atoms with E-state index in [0.29, 0.717) is 12.3 Å². The first-order valence-electron chi connectivity index (χ1n) is 6.98. The molecular weight excluding hydrogens is 361 g/mol. The average Bonchev–Trinajstić information content (AvgIpc) is 2.68. The minimum Gasteiger partial charge on any atom is -0.299 e. The van der Waals surface area contributed by atoms with Gasteiger partial charge in [0.2, 0.25) is 5.78 Å². The minimum absolute atomic E-state index is 0.234. The molecule has 136 valence electrons. The van der Waals surface area contributed by atoms with Crippen molar-refractivity contribution in [2.24, 2.45) is 7.05 Å². The summed E-state index contributed by atoms with van der Waals surface area (Å²) in [4.78, 5) is 23.7. The van der Waals surface area contributed by atoms with Gasteiger partial charge in [0.25, 0.3) is 5.56 Å². The smallest absolute Gasteiger partial charge is 0.299 e. The van der Waals surface area contributed by atoms with Gasteiger partial charge in [-0.05, 0) is 25.5 Å². The lowest BCUT2D eigenvalue weighted by molar-refractivity contribution is -0.139. The SMILES string of the molecule is Cc1[nH]n(C)c(=O)c1C(=O)c1ccc(C(F)(F)F)c(S(C)(=O)=O)c1C. The Morgan fingerprint density at radius 1 is 1.20 bits per heavy atom. The van der Waals surface area contributed by atoms with Gasteiger partial charge >= 0.3 is 6.18 Å². The second-order valence-corrected chi connectivity index (χ2v) is 7.64. The summed E-state index contributed by atoms with van der Waals surface area (Å²) in [5.74, 6) is -0.838. The Balaban J connectivity index is 2.82. The van der Waals surface area contributed by atoms with Crippen molar-refractivity contribution in [3.05, 3.63) is 50.4 Å². The molecule has 0 bridgehead atoms. The zero-order chi connectivity index (χ0) is 19.3. The van der Waals surface area contributed by atoms with Crippen molar-refractivity contribution in [1.82, 2.24) is 9.78 Å². The number of sulfone groups is 1. The van der Waals surface area contributed by atoms with Crippen LogP contribution in [0.3, 0.4) is 0 Å². The number of hydrogen-bond acceptors (Lipinski definition) is 4. The van der Waals surface area contributed by atoms with Crippen LogP contribution in [0.1, 0.15) is 32.7 Å². The lowest BCUT2D eigenvalue weighted by Gasteiger charge is -2.16. The summed E-state index contributed by atoms with van der Waals surface area (Å²) in [6.45, 7) is 2.58. The first kappa shape index (κ1) is 19.0. The third-order valence-corrected chi connectivity index (χ3v) is 5.05. The highest BCUT2D eigenvalue weighted by atomic mass is 32.2. The fraction of sp³-hybridized carbons (Fsp3) is 0.333. The number of alkyl halides is 3. The third kappa shape index (κ3) is 3.26. The number of aromatic amines is 1. The highest BCUT2D eigenvalue weighted by Gasteiger charge is 2.38. The van der Waals surface area contributed by atoms with Gasteiger partial charge in [-0.25, -0.2) is 8.42 Å². The molecule has 1 N–H and O–H groups in total. The van der Waals surface area contributed by atoms with Crippen molar-refractivity contribution < 1.29 is 26.4 Å². The summed E-state index contributed by atoms with van der Waals surface area (Å²) in [7, 11) is -2.88. The van der Waals surface area contributed by atoms with E-state index in [2.05, 4.69) is 5.10 Å². The van der Waals surface area contributed by atoms with Crippen LogP contribution in [0.25, 0.3) is 0 Å². The van der Waals surface area contributed by atoms with Gasteiger partial charge in [-0.3, -0.25) is 19.4 Å². The Morgan fingerprint density at radius 3 is 2.16 bits per heavy atom. The number of benzene rings is 1. The molecule has 10 heteroatoms. The Labute approximate surface area is 141 Å². The molecule has 0 saturated carbocycles. The van der Waals surface area contributed by atoms with E-state index < -0.39 is 37.8 Å². The van der Waals surface area contributed by atoms with Gasteiger partial charge in [0.1, 0.15) is 5.56 Å². The van der Waals surface area contributed by atoms with E-state index in [0.717, 1.165) is 17.7 Å². The van der Waals surface area contributed by atoms with E-state index in [-0.39, 0.29) is 22.4 Å². The second kappa shape index (κ2) is 5.87. The molecule has 6 nitrogen and oxygen atoms in total. The van der Waals surface area contributed by atoms with Crippen LogP contribution in [0, 0.1) is 13.8 Å². The number of ketones is 1. The van der Waals surface area contributed by atoms with Crippen molar-refractivity contribution in [3.8, 4) is 0 Å². The maximum atomic E-state index is 13.1. The van der Waals surface area contributed by atoms with Gasteiger partial charge in [-0.2, -0.15) is 13.2 Å². The number of nitrogens with one attached hydrogen (secondary N) is 1. The molecule has 0 aliphatic heterocycles. The van der Waals surface area contributed by atoms with Crippen molar-refractivity contribution in [2.45, 2.75) is 24.9 Å². The molecule has 0 saturated heterocycles. The topological polar surface area (TPSA) is 89.0 Å². The molecule has 0 atom stereocenters. The van der Waals surface area contributed by atoms with E-state index in [4.69, 9.17) is 0 Å². The van der Waals surface area contributed by atoms with Crippen LogP contribution in [0.5, 0.6) is 0 Å². The molecular formula is C15H15F3N2O4S. The molecule has 0 fully saturated rings. The molecule has 1 aromatic heterocycles. The quantitative estimate of drug-likeness (QED) is 0.830. The summed E-state index contributed by atoms with van der Waals surface area (Å²) < 4.78 is 64.2. The molecule has 0 radical (unpaired) electrons. The van der Waals surface area contributed by atoms with Crippen LogP contribution in [0.15, 0.2) is 21.8 Å². The van der Waals surface area contributed by atoms with Crippen molar-refractivity contribution in [2.75, 3.05) is 6.26 Å². The van der Waals surface area contributed by atoms with Gasteiger partial charge < -0.3 is 0 Å². The number of nitrogens with zero attached hydrogens (tertiary/aromatic N) is 1. The molecule has 1 aromatic carbocycles. The number of carbonyl (C=O) groups is 1. The zero-order valence-corrected chi connectivity index (χ0v) is 14.6. The van der Waals surface area contributed by atoms with Gasteiger partial charge in [0.05, 0.1) is 10.5 Å². The van der Waals surface area contributed by atoms with E-state index >= 15 is 0 Å². The fourth-order valence-electron chi connectivity index (χ4n) is 2.73. The first-order valence-corrected chi connectivity index (χ1v) is 8.87. The lowest BCUT2D eigenvalue weighted by atomic mass is 9.97. The number of aryl methyl sites for hydroxylation is 2. The lowest BCUT2D eigenvalue weighted by Crippen LogP contribution is -2.22. The molecule has 0 aliphatic rings.